The van der Waals surface area contributed by atoms with Crippen LogP contribution in [0.2, 0.25) is 0 Å². The summed E-state index contributed by atoms with van der Waals surface area (Å²) >= 11 is 0. The Balaban J connectivity index is 1.85. The first-order valence-corrected chi connectivity index (χ1v) is 8.09. The summed E-state index contributed by atoms with van der Waals surface area (Å²) in [5, 5.41) is 8.78. The fourth-order valence-electron chi connectivity index (χ4n) is 3.28. The monoisotopic (exact) mass is 285 g/mol. The Bertz CT molecular complexity index is 519. The van der Waals surface area contributed by atoms with E-state index >= 15 is 0 Å². The van der Waals surface area contributed by atoms with E-state index in [-0.39, 0.29) is 11.4 Å². The molecule has 21 heavy (non-hydrogen) atoms. The van der Waals surface area contributed by atoms with E-state index in [0.29, 0.717) is 5.92 Å². The van der Waals surface area contributed by atoms with E-state index in [2.05, 4.69) is 19.1 Å². The van der Waals surface area contributed by atoms with Gasteiger partial charge < -0.3 is 0 Å². The molecule has 0 unspecified atom stereocenters. The van der Waals surface area contributed by atoms with Gasteiger partial charge in [-0.1, -0.05) is 25.1 Å². The van der Waals surface area contributed by atoms with Crippen LogP contribution in [0, 0.1) is 23.1 Å². The molecule has 1 aromatic rings. The molecule has 2 rings (SSSR count). The van der Waals surface area contributed by atoms with Gasteiger partial charge in [0.2, 0.25) is 0 Å². The summed E-state index contributed by atoms with van der Waals surface area (Å²) in [7, 11) is 0. The first kappa shape index (κ1) is 15.8. The Labute approximate surface area is 127 Å². The zero-order valence-electron chi connectivity index (χ0n) is 12.8. The summed E-state index contributed by atoms with van der Waals surface area (Å²) < 4.78 is 13.7. The maximum absolute atomic E-state index is 13.7. The van der Waals surface area contributed by atoms with Gasteiger partial charge in [-0.15, -0.1) is 0 Å². The lowest BCUT2D eigenvalue weighted by atomic mass is 9.77. The Hall–Kier alpha value is -1.62. The van der Waals surface area contributed by atoms with Gasteiger partial charge in [0, 0.05) is 0 Å². The lowest BCUT2D eigenvalue weighted by molar-refractivity contribution is 0.311. The Morgan fingerprint density at radius 1 is 1.24 bits per heavy atom. The highest BCUT2D eigenvalue weighted by Gasteiger charge is 2.22. The molecule has 0 amide bonds. The zero-order chi connectivity index (χ0) is 15.1. The van der Waals surface area contributed by atoms with Gasteiger partial charge in [-0.25, -0.2) is 4.39 Å². The van der Waals surface area contributed by atoms with Gasteiger partial charge >= 0.3 is 0 Å². The van der Waals surface area contributed by atoms with E-state index < -0.39 is 0 Å². The Morgan fingerprint density at radius 3 is 2.62 bits per heavy atom. The molecule has 0 aromatic heterocycles. The SMILES string of the molecule is CC/C=C/CC[C@H]1CC[C@H](c2ccc(C#N)c(F)c2)CC1. The second-order valence-electron chi connectivity index (χ2n) is 6.03. The van der Waals surface area contributed by atoms with Gasteiger partial charge in [0.15, 0.2) is 0 Å². The fourth-order valence-corrected chi connectivity index (χ4v) is 3.28. The van der Waals surface area contributed by atoms with Gasteiger partial charge in [0.1, 0.15) is 11.9 Å². The molecule has 0 saturated heterocycles. The number of benzene rings is 1. The normalized spacial score (nSPS) is 22.3. The highest BCUT2D eigenvalue weighted by Crippen LogP contribution is 2.37. The average molecular weight is 285 g/mol. The molecule has 0 spiro atoms. The van der Waals surface area contributed by atoms with Crippen molar-refractivity contribution in [3.05, 3.63) is 47.3 Å². The molecule has 1 aliphatic carbocycles. The summed E-state index contributed by atoms with van der Waals surface area (Å²) in [4.78, 5) is 0. The minimum Gasteiger partial charge on any atom is -0.206 e. The maximum Gasteiger partial charge on any atom is 0.141 e. The van der Waals surface area contributed by atoms with E-state index in [0.717, 1.165) is 30.7 Å². The number of nitrogens with zero attached hydrogens (tertiary/aromatic N) is 1. The topological polar surface area (TPSA) is 23.8 Å². The summed E-state index contributed by atoms with van der Waals surface area (Å²) in [5.74, 6) is 0.919. The van der Waals surface area contributed by atoms with Crippen LogP contribution in [0.3, 0.4) is 0 Å². The quantitative estimate of drug-likeness (QED) is 0.635. The zero-order valence-corrected chi connectivity index (χ0v) is 12.8. The minimum atomic E-state index is -0.373. The first-order valence-electron chi connectivity index (χ1n) is 8.09. The van der Waals surface area contributed by atoms with Crippen molar-refractivity contribution < 1.29 is 4.39 Å². The van der Waals surface area contributed by atoms with Crippen molar-refractivity contribution in [1.29, 1.82) is 5.26 Å². The van der Waals surface area contributed by atoms with E-state index in [1.165, 1.54) is 25.7 Å². The van der Waals surface area contributed by atoms with Crippen LogP contribution in [0.4, 0.5) is 4.39 Å². The predicted molar refractivity (Wildman–Crippen MR) is 84.5 cm³/mol. The largest absolute Gasteiger partial charge is 0.206 e. The molecule has 0 atom stereocenters. The van der Waals surface area contributed by atoms with Crippen molar-refractivity contribution in [1.82, 2.24) is 0 Å². The summed E-state index contributed by atoms with van der Waals surface area (Å²) in [5.41, 5.74) is 1.21. The smallest absolute Gasteiger partial charge is 0.141 e. The molecule has 0 radical (unpaired) electrons. The second-order valence-corrected chi connectivity index (χ2v) is 6.03. The van der Waals surface area contributed by atoms with Gasteiger partial charge in [-0.2, -0.15) is 5.26 Å². The van der Waals surface area contributed by atoms with Crippen molar-refractivity contribution in [2.24, 2.45) is 5.92 Å². The molecule has 0 bridgehead atoms. The lowest BCUT2D eigenvalue weighted by Crippen LogP contribution is -2.13. The molecule has 0 heterocycles. The van der Waals surface area contributed by atoms with Crippen molar-refractivity contribution >= 4 is 0 Å². The van der Waals surface area contributed by atoms with Gasteiger partial charge in [-0.05, 0) is 74.5 Å². The molecule has 1 aromatic carbocycles. The third-order valence-electron chi connectivity index (χ3n) is 4.58. The summed E-state index contributed by atoms with van der Waals surface area (Å²) in [6.45, 7) is 2.17. The number of rotatable bonds is 5. The number of hydrogen-bond acceptors (Lipinski definition) is 1. The van der Waals surface area contributed by atoms with Crippen LogP contribution in [0.15, 0.2) is 30.4 Å². The van der Waals surface area contributed by atoms with E-state index in [9.17, 15) is 4.39 Å². The van der Waals surface area contributed by atoms with Gasteiger partial charge in [0.25, 0.3) is 0 Å². The second kappa shape index (κ2) is 7.98. The maximum atomic E-state index is 13.7. The number of hydrogen-bond donors (Lipinski definition) is 0. The minimum absolute atomic E-state index is 0.148. The molecule has 1 saturated carbocycles. The number of halogens is 1. The summed E-state index contributed by atoms with van der Waals surface area (Å²) in [6, 6.07) is 6.99. The Morgan fingerprint density at radius 2 is 2.00 bits per heavy atom. The van der Waals surface area contributed by atoms with Crippen LogP contribution >= 0.6 is 0 Å². The molecule has 2 heteroatoms. The number of nitriles is 1. The van der Waals surface area contributed by atoms with Gasteiger partial charge in [0.05, 0.1) is 5.56 Å². The Kier molecular flexibility index (Phi) is 5.99. The van der Waals surface area contributed by atoms with E-state index in [1.807, 2.05) is 12.1 Å². The van der Waals surface area contributed by atoms with Crippen LogP contribution in [-0.2, 0) is 0 Å². The predicted octanol–water partition coefficient (Wildman–Crippen LogP) is 5.72. The highest BCUT2D eigenvalue weighted by atomic mass is 19.1. The average Bonchev–Trinajstić information content (AvgIpc) is 2.52. The van der Waals surface area contributed by atoms with Crippen molar-refractivity contribution in [2.45, 2.75) is 57.8 Å². The summed E-state index contributed by atoms with van der Waals surface area (Å²) in [6.07, 6.45) is 12.9. The van der Waals surface area contributed by atoms with Crippen molar-refractivity contribution in [3.8, 4) is 6.07 Å². The molecule has 1 aliphatic rings. The van der Waals surface area contributed by atoms with Crippen LogP contribution in [0.25, 0.3) is 0 Å². The van der Waals surface area contributed by atoms with Gasteiger partial charge in [-0.3, -0.25) is 0 Å². The van der Waals surface area contributed by atoms with Crippen molar-refractivity contribution in [3.63, 3.8) is 0 Å². The van der Waals surface area contributed by atoms with Crippen LogP contribution in [0.1, 0.15) is 68.9 Å². The molecule has 1 fully saturated rings. The number of allylic oxidation sites excluding steroid dienone is 2. The van der Waals surface area contributed by atoms with E-state index in [1.54, 1.807) is 12.1 Å². The third-order valence-corrected chi connectivity index (χ3v) is 4.58. The fraction of sp³-hybridized carbons (Fsp3) is 0.526. The first-order chi connectivity index (χ1) is 10.2. The third kappa shape index (κ3) is 4.43. The standard InChI is InChI=1S/C19H24FN/c1-2-3-4-5-6-15-7-9-16(10-8-15)17-11-12-18(14-21)19(20)13-17/h3-4,11-13,15-16H,2,5-10H2,1H3/b4-3+/t15-,16-. The lowest BCUT2D eigenvalue weighted by Gasteiger charge is -2.28. The molecule has 112 valence electrons. The van der Waals surface area contributed by atoms with Crippen LogP contribution < -0.4 is 0 Å². The highest BCUT2D eigenvalue weighted by molar-refractivity contribution is 5.34. The molecule has 0 N–H and O–H groups in total. The molecule has 0 aliphatic heterocycles. The van der Waals surface area contributed by atoms with Crippen LogP contribution in [-0.4, -0.2) is 0 Å². The molecular weight excluding hydrogens is 261 g/mol. The van der Waals surface area contributed by atoms with Crippen LogP contribution in [0.5, 0.6) is 0 Å². The molecular formula is C19H24FN. The molecule has 1 nitrogen and oxygen atoms in total. The van der Waals surface area contributed by atoms with Crippen molar-refractivity contribution in [2.75, 3.05) is 0 Å². The van der Waals surface area contributed by atoms with E-state index in [4.69, 9.17) is 5.26 Å².